The predicted octanol–water partition coefficient (Wildman–Crippen LogP) is 2.22. The van der Waals surface area contributed by atoms with E-state index in [2.05, 4.69) is 0 Å². The maximum Gasteiger partial charge on any atom is 0.356 e. The van der Waals surface area contributed by atoms with E-state index < -0.39 is 15.6 Å². The number of piperidine rings is 1. The monoisotopic (exact) mass is 337 g/mol. The summed E-state index contributed by atoms with van der Waals surface area (Å²) in [5, 5.41) is 0.550. The number of ether oxygens (including phenoxy) is 1. The smallest absolute Gasteiger partial charge is 0.356 e. The Hall–Kier alpha value is -1.86. The van der Waals surface area contributed by atoms with Gasteiger partial charge in [-0.15, -0.1) is 0 Å². The van der Waals surface area contributed by atoms with Crippen LogP contribution in [0.5, 0.6) is 5.75 Å². The summed E-state index contributed by atoms with van der Waals surface area (Å²) in [6, 6.07) is 6.32. The molecule has 1 saturated heterocycles. The highest BCUT2D eigenvalue weighted by molar-refractivity contribution is 7.89. The lowest BCUT2D eigenvalue weighted by Gasteiger charge is -2.29. The number of sulfonamides is 1. The molecule has 0 amide bonds. The number of hydrogen-bond acceptors (Lipinski definition) is 5. The van der Waals surface area contributed by atoms with Crippen molar-refractivity contribution in [3.8, 4) is 5.75 Å². The second kappa shape index (κ2) is 5.98. The zero-order valence-electron chi connectivity index (χ0n) is 13.1. The molecule has 1 fully saturated rings. The number of methoxy groups -OCH3 is 1. The maximum absolute atomic E-state index is 12.8. The predicted molar refractivity (Wildman–Crippen MR) is 86.2 cm³/mol. The average Bonchev–Trinajstić information content (AvgIpc) is 2.53. The van der Waals surface area contributed by atoms with Crippen LogP contribution in [0.2, 0.25) is 0 Å². The van der Waals surface area contributed by atoms with Crippen LogP contribution in [-0.2, 0) is 10.0 Å². The van der Waals surface area contributed by atoms with Crippen LogP contribution in [0.1, 0.15) is 19.8 Å². The third kappa shape index (κ3) is 2.98. The molecule has 1 aliphatic rings. The molecule has 0 radical (unpaired) electrons. The molecule has 23 heavy (non-hydrogen) atoms. The first kappa shape index (κ1) is 16.0. The van der Waals surface area contributed by atoms with Gasteiger partial charge in [-0.05, 0) is 37.0 Å². The van der Waals surface area contributed by atoms with Crippen LogP contribution in [0, 0.1) is 5.92 Å². The van der Waals surface area contributed by atoms with Crippen molar-refractivity contribution in [2.45, 2.75) is 24.7 Å². The molecule has 6 nitrogen and oxygen atoms in total. The van der Waals surface area contributed by atoms with Crippen molar-refractivity contribution in [1.29, 1.82) is 0 Å². The molecule has 2 heterocycles. The second-order valence-corrected chi connectivity index (χ2v) is 7.82. The first-order valence-electron chi connectivity index (χ1n) is 7.54. The quantitative estimate of drug-likeness (QED) is 0.803. The van der Waals surface area contributed by atoms with Gasteiger partial charge < -0.3 is 9.15 Å². The highest BCUT2D eigenvalue weighted by atomic mass is 32.2. The molecule has 0 spiro atoms. The molecule has 1 aromatic carbocycles. The van der Waals surface area contributed by atoms with Crippen LogP contribution in [0.3, 0.4) is 0 Å². The van der Waals surface area contributed by atoms with Gasteiger partial charge in [-0.1, -0.05) is 6.92 Å². The Morgan fingerprint density at radius 1 is 1.30 bits per heavy atom. The molecule has 0 N–H and O–H groups in total. The molecule has 0 bridgehead atoms. The first-order chi connectivity index (χ1) is 10.9. The van der Waals surface area contributed by atoms with Gasteiger partial charge in [-0.25, -0.2) is 13.2 Å². The van der Waals surface area contributed by atoms with Gasteiger partial charge in [0.15, 0.2) is 4.90 Å². The summed E-state index contributed by atoms with van der Waals surface area (Å²) in [6.45, 7) is 2.88. The minimum absolute atomic E-state index is 0.287. The van der Waals surface area contributed by atoms with E-state index in [9.17, 15) is 13.2 Å². The molecule has 3 rings (SSSR count). The zero-order chi connectivity index (χ0) is 16.6. The highest BCUT2D eigenvalue weighted by Crippen LogP contribution is 2.25. The normalized spacial score (nSPS) is 19.8. The van der Waals surface area contributed by atoms with Crippen LogP contribution < -0.4 is 10.4 Å². The number of hydrogen-bond donors (Lipinski definition) is 0. The highest BCUT2D eigenvalue weighted by Gasteiger charge is 2.31. The maximum atomic E-state index is 12.8. The number of benzene rings is 1. The Kier molecular flexibility index (Phi) is 4.16. The molecule has 7 heteroatoms. The van der Waals surface area contributed by atoms with Crippen molar-refractivity contribution in [1.82, 2.24) is 4.31 Å². The lowest BCUT2D eigenvalue weighted by atomic mass is 10.0. The van der Waals surface area contributed by atoms with Gasteiger partial charge in [0.2, 0.25) is 10.0 Å². The van der Waals surface area contributed by atoms with Gasteiger partial charge in [0.05, 0.1) is 7.11 Å². The van der Waals surface area contributed by atoms with Crippen LogP contribution >= 0.6 is 0 Å². The molecule has 0 unspecified atom stereocenters. The summed E-state index contributed by atoms with van der Waals surface area (Å²) in [5.41, 5.74) is -0.538. The van der Waals surface area contributed by atoms with Crippen molar-refractivity contribution >= 4 is 21.0 Å². The Morgan fingerprint density at radius 2 is 2.09 bits per heavy atom. The third-order valence-corrected chi connectivity index (χ3v) is 6.00. The minimum atomic E-state index is -3.84. The van der Waals surface area contributed by atoms with E-state index in [1.165, 1.54) is 17.5 Å². The summed E-state index contributed by atoms with van der Waals surface area (Å²) < 4.78 is 37.2. The fraction of sp³-hybridized carbons (Fsp3) is 0.438. The minimum Gasteiger partial charge on any atom is -0.497 e. The number of nitrogens with zero attached hydrogens (tertiary/aromatic N) is 1. The summed E-state index contributed by atoms with van der Waals surface area (Å²) in [6.07, 6.45) is 1.80. The van der Waals surface area contributed by atoms with Crippen molar-refractivity contribution in [3.05, 3.63) is 34.7 Å². The molecular weight excluding hydrogens is 318 g/mol. The lowest BCUT2D eigenvalue weighted by Crippen LogP contribution is -2.40. The zero-order valence-corrected chi connectivity index (χ0v) is 13.9. The van der Waals surface area contributed by atoms with E-state index in [1.54, 1.807) is 18.2 Å². The number of rotatable bonds is 3. The van der Waals surface area contributed by atoms with Crippen LogP contribution in [0.15, 0.2) is 38.4 Å². The summed E-state index contributed by atoms with van der Waals surface area (Å²) in [7, 11) is -2.33. The Labute approximate surface area is 134 Å². The van der Waals surface area contributed by atoms with Gasteiger partial charge >= 0.3 is 5.63 Å². The van der Waals surface area contributed by atoms with Crippen molar-refractivity contribution in [3.63, 3.8) is 0 Å². The summed E-state index contributed by atoms with van der Waals surface area (Å²) in [5.74, 6) is 0.830. The van der Waals surface area contributed by atoms with Crippen LogP contribution in [0.25, 0.3) is 11.0 Å². The largest absolute Gasteiger partial charge is 0.497 e. The van der Waals surface area contributed by atoms with Gasteiger partial charge in [-0.3, -0.25) is 0 Å². The fourth-order valence-electron chi connectivity index (χ4n) is 2.88. The summed E-state index contributed by atoms with van der Waals surface area (Å²) >= 11 is 0. The van der Waals surface area contributed by atoms with Gasteiger partial charge in [0, 0.05) is 24.5 Å². The SMILES string of the molecule is COc1ccc2cc(S(=O)(=O)N3CCC[C@@H](C)C3)c(=O)oc2c1. The van der Waals surface area contributed by atoms with E-state index >= 15 is 0 Å². The van der Waals surface area contributed by atoms with Gasteiger partial charge in [0.25, 0.3) is 0 Å². The van der Waals surface area contributed by atoms with Crippen molar-refractivity contribution in [2.75, 3.05) is 20.2 Å². The molecule has 0 saturated carbocycles. The van der Waals surface area contributed by atoms with E-state index in [0.29, 0.717) is 29.8 Å². The molecule has 2 aromatic rings. The Morgan fingerprint density at radius 3 is 2.78 bits per heavy atom. The summed E-state index contributed by atoms with van der Waals surface area (Å²) in [4.78, 5) is 11.9. The topological polar surface area (TPSA) is 76.8 Å². The molecule has 124 valence electrons. The third-order valence-electron chi connectivity index (χ3n) is 4.15. The average molecular weight is 337 g/mol. The van der Waals surface area contributed by atoms with Gasteiger partial charge in [0.1, 0.15) is 11.3 Å². The van der Waals surface area contributed by atoms with E-state index in [1.807, 2.05) is 6.92 Å². The van der Waals surface area contributed by atoms with E-state index in [-0.39, 0.29) is 10.8 Å². The van der Waals surface area contributed by atoms with Crippen molar-refractivity contribution < 1.29 is 17.6 Å². The number of fused-ring (bicyclic) bond motifs is 1. The van der Waals surface area contributed by atoms with E-state index in [0.717, 1.165) is 12.8 Å². The fourth-order valence-corrected chi connectivity index (χ4v) is 4.51. The molecule has 1 aromatic heterocycles. The lowest BCUT2D eigenvalue weighted by molar-refractivity contribution is 0.280. The van der Waals surface area contributed by atoms with E-state index in [4.69, 9.17) is 9.15 Å². The van der Waals surface area contributed by atoms with Crippen LogP contribution in [-0.4, -0.2) is 32.9 Å². The molecule has 1 atom stereocenters. The standard InChI is InChI=1S/C16H19NO5S/c1-11-4-3-7-17(10-11)23(19,20)15-8-12-5-6-13(21-2)9-14(12)22-16(15)18/h5-6,8-9,11H,3-4,7,10H2,1-2H3/t11-/m1/s1. The molecule has 1 aliphatic heterocycles. The van der Waals surface area contributed by atoms with Crippen LogP contribution in [0.4, 0.5) is 0 Å². The second-order valence-electron chi connectivity index (χ2n) is 5.91. The van der Waals surface area contributed by atoms with Gasteiger partial charge in [-0.2, -0.15) is 4.31 Å². The first-order valence-corrected chi connectivity index (χ1v) is 8.98. The molecular formula is C16H19NO5S. The Bertz CT molecular complexity index is 887. The molecule has 0 aliphatic carbocycles. The Balaban J connectivity index is 2.08. The van der Waals surface area contributed by atoms with Crippen molar-refractivity contribution in [2.24, 2.45) is 5.92 Å².